The molecule has 1 aromatic rings. The summed E-state index contributed by atoms with van der Waals surface area (Å²) in [4.78, 5) is 11.4. The van der Waals surface area contributed by atoms with E-state index in [0.717, 1.165) is 25.8 Å². The maximum Gasteiger partial charge on any atom is 0.305 e. The number of carbonyl (C=O) groups is 1. The lowest BCUT2D eigenvalue weighted by Gasteiger charge is -2.17. The molecule has 3 heteroatoms. The van der Waals surface area contributed by atoms with E-state index in [1.165, 1.54) is 5.56 Å². The summed E-state index contributed by atoms with van der Waals surface area (Å²) < 4.78 is 5.28. The number of hydrogen-bond acceptors (Lipinski definition) is 3. The summed E-state index contributed by atoms with van der Waals surface area (Å²) >= 11 is 0. The van der Waals surface area contributed by atoms with Crippen molar-refractivity contribution in [2.24, 2.45) is 0 Å². The molecule has 0 heterocycles. The minimum Gasteiger partial charge on any atom is -0.464 e. The monoisotopic (exact) mass is 263 g/mol. The number of hydrogen-bond donors (Lipinski definition) is 1. The number of carbonyl (C=O) groups excluding carboxylic acids is 1. The van der Waals surface area contributed by atoms with Gasteiger partial charge in [0, 0.05) is 19.0 Å². The van der Waals surface area contributed by atoms with E-state index in [2.05, 4.69) is 31.3 Å². The normalized spacial score (nSPS) is 12.1. The number of rotatable bonds is 9. The Morgan fingerprint density at radius 3 is 2.63 bits per heavy atom. The number of ether oxygens (including phenoxy) is 1. The third kappa shape index (κ3) is 6.97. The predicted molar refractivity (Wildman–Crippen MR) is 77.8 cm³/mol. The molecule has 0 spiro atoms. The minimum atomic E-state index is -0.0817. The summed E-state index contributed by atoms with van der Waals surface area (Å²) in [6, 6.07) is 10.5. The molecule has 1 rings (SSSR count). The van der Waals surface area contributed by atoms with Crippen LogP contribution in [0.1, 0.15) is 45.1 Å². The van der Waals surface area contributed by atoms with Crippen molar-refractivity contribution in [3.8, 4) is 0 Å². The van der Waals surface area contributed by atoms with Crippen molar-refractivity contribution in [1.82, 2.24) is 5.32 Å². The van der Waals surface area contributed by atoms with E-state index in [-0.39, 0.29) is 12.0 Å². The van der Waals surface area contributed by atoms with Crippen LogP contribution in [0.3, 0.4) is 0 Å². The number of unbranched alkanes of at least 4 members (excludes halogenated alkanes) is 1. The molecule has 19 heavy (non-hydrogen) atoms. The molecule has 1 aromatic carbocycles. The van der Waals surface area contributed by atoms with E-state index in [9.17, 15) is 4.79 Å². The van der Waals surface area contributed by atoms with Crippen LogP contribution in [0.2, 0.25) is 0 Å². The largest absolute Gasteiger partial charge is 0.464 e. The molecule has 3 nitrogen and oxygen atoms in total. The quantitative estimate of drug-likeness (QED) is 0.695. The molecular weight excluding hydrogens is 238 g/mol. The van der Waals surface area contributed by atoms with E-state index in [4.69, 9.17) is 4.74 Å². The fourth-order valence-electron chi connectivity index (χ4n) is 1.77. The second-order valence-corrected chi connectivity index (χ2v) is 4.76. The summed E-state index contributed by atoms with van der Waals surface area (Å²) in [5, 5.41) is 3.42. The first-order chi connectivity index (χ1) is 9.26. The van der Waals surface area contributed by atoms with Gasteiger partial charge < -0.3 is 10.1 Å². The van der Waals surface area contributed by atoms with Crippen molar-refractivity contribution >= 4 is 5.97 Å². The standard InChI is InChI=1S/C16H25NO2/c1-3-5-11-16(18)19-13-15(4-2)17-12-14-9-7-6-8-10-14/h6-10,15,17H,3-5,11-13H2,1-2H3. The van der Waals surface area contributed by atoms with Gasteiger partial charge in [-0.25, -0.2) is 0 Å². The zero-order chi connectivity index (χ0) is 13.9. The van der Waals surface area contributed by atoms with Gasteiger partial charge in [-0.15, -0.1) is 0 Å². The fourth-order valence-corrected chi connectivity index (χ4v) is 1.77. The minimum absolute atomic E-state index is 0.0817. The SMILES string of the molecule is CCCCC(=O)OCC(CC)NCc1ccccc1. The molecule has 1 unspecified atom stereocenters. The lowest BCUT2D eigenvalue weighted by molar-refractivity contribution is -0.144. The molecule has 0 aliphatic carbocycles. The Labute approximate surface area is 116 Å². The van der Waals surface area contributed by atoms with Gasteiger partial charge in [-0.3, -0.25) is 4.79 Å². The Morgan fingerprint density at radius 2 is 2.00 bits per heavy atom. The molecule has 1 atom stereocenters. The van der Waals surface area contributed by atoms with Gasteiger partial charge in [-0.1, -0.05) is 50.6 Å². The Morgan fingerprint density at radius 1 is 1.26 bits per heavy atom. The summed E-state index contributed by atoms with van der Waals surface area (Å²) in [6.07, 6.45) is 3.42. The number of nitrogens with one attached hydrogen (secondary N) is 1. The highest BCUT2D eigenvalue weighted by Crippen LogP contribution is 2.02. The van der Waals surface area contributed by atoms with Crippen LogP contribution in [-0.4, -0.2) is 18.6 Å². The Kier molecular flexibility index (Phi) is 7.91. The lowest BCUT2D eigenvalue weighted by Crippen LogP contribution is -2.33. The van der Waals surface area contributed by atoms with Gasteiger partial charge in [0.2, 0.25) is 0 Å². The molecule has 0 fully saturated rings. The van der Waals surface area contributed by atoms with Gasteiger partial charge in [0.05, 0.1) is 0 Å². The molecule has 0 aliphatic heterocycles. The van der Waals surface area contributed by atoms with Crippen molar-refractivity contribution < 1.29 is 9.53 Å². The van der Waals surface area contributed by atoms with E-state index in [1.807, 2.05) is 18.2 Å². The second-order valence-electron chi connectivity index (χ2n) is 4.76. The van der Waals surface area contributed by atoms with Crippen LogP contribution in [0.25, 0.3) is 0 Å². The maximum absolute atomic E-state index is 11.4. The van der Waals surface area contributed by atoms with Crippen LogP contribution in [0.5, 0.6) is 0 Å². The lowest BCUT2D eigenvalue weighted by atomic mass is 10.2. The third-order valence-corrected chi connectivity index (χ3v) is 3.11. The molecule has 0 aromatic heterocycles. The summed E-state index contributed by atoms with van der Waals surface area (Å²) in [7, 11) is 0. The fraction of sp³-hybridized carbons (Fsp3) is 0.562. The number of esters is 1. The Balaban J connectivity index is 2.24. The maximum atomic E-state index is 11.4. The predicted octanol–water partition coefficient (Wildman–Crippen LogP) is 3.29. The Bertz CT molecular complexity index is 351. The van der Waals surface area contributed by atoms with Gasteiger partial charge in [-0.05, 0) is 18.4 Å². The van der Waals surface area contributed by atoms with E-state index in [0.29, 0.717) is 13.0 Å². The van der Waals surface area contributed by atoms with Crippen molar-refractivity contribution in [3.05, 3.63) is 35.9 Å². The highest BCUT2D eigenvalue weighted by atomic mass is 16.5. The van der Waals surface area contributed by atoms with Crippen LogP contribution in [0.15, 0.2) is 30.3 Å². The van der Waals surface area contributed by atoms with Crippen molar-refractivity contribution in [3.63, 3.8) is 0 Å². The van der Waals surface area contributed by atoms with Gasteiger partial charge in [0.1, 0.15) is 6.61 Å². The topological polar surface area (TPSA) is 38.3 Å². The molecule has 0 bridgehead atoms. The molecule has 1 N–H and O–H groups in total. The number of benzene rings is 1. The average Bonchev–Trinajstić information content (AvgIpc) is 2.46. The van der Waals surface area contributed by atoms with Crippen molar-refractivity contribution in [1.29, 1.82) is 0 Å². The van der Waals surface area contributed by atoms with Crippen LogP contribution in [0, 0.1) is 0 Å². The highest BCUT2D eigenvalue weighted by molar-refractivity contribution is 5.69. The van der Waals surface area contributed by atoms with E-state index < -0.39 is 0 Å². The van der Waals surface area contributed by atoms with Crippen molar-refractivity contribution in [2.45, 2.75) is 52.1 Å². The van der Waals surface area contributed by atoms with Gasteiger partial charge in [0.25, 0.3) is 0 Å². The van der Waals surface area contributed by atoms with Crippen molar-refractivity contribution in [2.75, 3.05) is 6.61 Å². The third-order valence-electron chi connectivity index (χ3n) is 3.11. The molecule has 0 saturated carbocycles. The molecular formula is C16H25NO2. The summed E-state index contributed by atoms with van der Waals surface area (Å²) in [5.74, 6) is -0.0817. The van der Waals surface area contributed by atoms with Crippen LogP contribution in [-0.2, 0) is 16.1 Å². The van der Waals surface area contributed by atoms with E-state index in [1.54, 1.807) is 0 Å². The zero-order valence-corrected chi connectivity index (χ0v) is 12.0. The molecule has 0 saturated heterocycles. The first-order valence-electron chi connectivity index (χ1n) is 7.19. The molecule has 0 aliphatic rings. The van der Waals surface area contributed by atoms with Gasteiger partial charge in [0.15, 0.2) is 0 Å². The van der Waals surface area contributed by atoms with Crippen LogP contribution < -0.4 is 5.32 Å². The molecule has 106 valence electrons. The highest BCUT2D eigenvalue weighted by Gasteiger charge is 2.09. The first-order valence-corrected chi connectivity index (χ1v) is 7.19. The molecule has 0 radical (unpaired) electrons. The smallest absolute Gasteiger partial charge is 0.305 e. The van der Waals surface area contributed by atoms with Crippen LogP contribution in [0.4, 0.5) is 0 Å². The summed E-state index contributed by atoms with van der Waals surface area (Å²) in [5.41, 5.74) is 1.25. The summed E-state index contributed by atoms with van der Waals surface area (Å²) in [6.45, 7) is 5.45. The second kappa shape index (κ2) is 9.56. The van der Waals surface area contributed by atoms with Gasteiger partial charge >= 0.3 is 5.97 Å². The van der Waals surface area contributed by atoms with Gasteiger partial charge in [-0.2, -0.15) is 0 Å². The molecule has 0 amide bonds. The van der Waals surface area contributed by atoms with Crippen LogP contribution >= 0.6 is 0 Å². The van der Waals surface area contributed by atoms with E-state index >= 15 is 0 Å². The Hall–Kier alpha value is -1.35. The first kappa shape index (κ1) is 15.7. The average molecular weight is 263 g/mol. The zero-order valence-electron chi connectivity index (χ0n) is 12.0.